The minimum atomic E-state index is 0.701. The van der Waals surface area contributed by atoms with E-state index in [-0.39, 0.29) is 0 Å². The van der Waals surface area contributed by atoms with Crippen LogP contribution in [0.25, 0.3) is 0 Å². The lowest BCUT2D eigenvalue weighted by molar-refractivity contribution is 0.600. The molecule has 1 aliphatic heterocycles. The molecule has 2 heterocycles. The molecule has 0 aliphatic carbocycles. The largest absolute Gasteiger partial charge is 0.354 e. The fourth-order valence-electron chi connectivity index (χ4n) is 2.43. The van der Waals surface area contributed by atoms with Gasteiger partial charge >= 0.3 is 0 Å². The fourth-order valence-corrected chi connectivity index (χ4v) is 2.75. The first-order chi connectivity index (χ1) is 7.81. The van der Waals surface area contributed by atoms with E-state index in [1.54, 1.807) is 0 Å². The minimum Gasteiger partial charge on any atom is -0.354 e. The molecule has 0 spiro atoms. The Bertz CT molecular complexity index is 340. The molecule has 88 valence electrons. The maximum Gasteiger partial charge on any atom is 0.128 e. The lowest BCUT2D eigenvalue weighted by Crippen LogP contribution is -2.29. The molecule has 1 unspecified atom stereocenters. The molecule has 3 heteroatoms. The third-order valence-electron chi connectivity index (χ3n) is 3.24. The van der Waals surface area contributed by atoms with E-state index < -0.39 is 0 Å². The summed E-state index contributed by atoms with van der Waals surface area (Å²) in [5, 5.41) is 1.11. The van der Waals surface area contributed by atoms with Crippen molar-refractivity contribution in [2.45, 2.75) is 38.6 Å². The van der Waals surface area contributed by atoms with Crippen LogP contribution in [0.2, 0.25) is 0 Å². The van der Waals surface area contributed by atoms with Gasteiger partial charge in [0, 0.05) is 24.1 Å². The van der Waals surface area contributed by atoms with Crippen molar-refractivity contribution >= 4 is 21.7 Å². The number of aryl methyl sites for hydroxylation is 1. The number of halogens is 1. The topological polar surface area (TPSA) is 16.1 Å². The average molecular weight is 283 g/mol. The normalized spacial score (nSPS) is 20.4. The van der Waals surface area contributed by atoms with Gasteiger partial charge in [-0.05, 0) is 50.3 Å². The van der Waals surface area contributed by atoms with Gasteiger partial charge in [-0.25, -0.2) is 4.98 Å². The molecular formula is C13H19BrN2. The van der Waals surface area contributed by atoms with Gasteiger partial charge in [0.25, 0.3) is 0 Å². The first kappa shape index (κ1) is 11.9. The lowest BCUT2D eigenvalue weighted by atomic mass is 10.1. The highest BCUT2D eigenvalue weighted by atomic mass is 79.9. The first-order valence-electron chi connectivity index (χ1n) is 6.06. The second-order valence-electron chi connectivity index (χ2n) is 4.51. The second kappa shape index (κ2) is 5.67. The molecule has 1 aliphatic rings. The molecule has 1 saturated heterocycles. The van der Waals surface area contributed by atoms with Gasteiger partial charge in [-0.2, -0.15) is 0 Å². The fraction of sp³-hybridized carbons (Fsp3) is 0.615. The van der Waals surface area contributed by atoms with Crippen molar-refractivity contribution in [3.05, 3.63) is 23.9 Å². The molecule has 0 saturated carbocycles. The van der Waals surface area contributed by atoms with Crippen molar-refractivity contribution in [2.75, 3.05) is 16.8 Å². The maximum absolute atomic E-state index is 4.49. The monoisotopic (exact) mass is 282 g/mol. The van der Waals surface area contributed by atoms with Gasteiger partial charge in [-0.1, -0.05) is 15.9 Å². The summed E-state index contributed by atoms with van der Waals surface area (Å²) >= 11 is 3.51. The van der Waals surface area contributed by atoms with E-state index in [2.05, 4.69) is 44.9 Å². The summed E-state index contributed by atoms with van der Waals surface area (Å²) in [6, 6.07) is 4.96. The van der Waals surface area contributed by atoms with Crippen molar-refractivity contribution in [3.63, 3.8) is 0 Å². The van der Waals surface area contributed by atoms with E-state index in [1.165, 1.54) is 37.8 Å². The SMILES string of the molecule is Cc1ccnc(N2CCCC2CCCBr)c1. The van der Waals surface area contributed by atoms with Crippen LogP contribution in [-0.2, 0) is 0 Å². The van der Waals surface area contributed by atoms with Gasteiger partial charge in [0.15, 0.2) is 0 Å². The van der Waals surface area contributed by atoms with Crippen LogP contribution in [0.5, 0.6) is 0 Å². The predicted octanol–water partition coefficient (Wildman–Crippen LogP) is 3.53. The van der Waals surface area contributed by atoms with Crippen LogP contribution in [0.4, 0.5) is 5.82 Å². The maximum atomic E-state index is 4.49. The Kier molecular flexibility index (Phi) is 4.22. The molecular weight excluding hydrogens is 264 g/mol. The quantitative estimate of drug-likeness (QED) is 0.786. The molecule has 0 amide bonds. The van der Waals surface area contributed by atoms with Crippen LogP contribution in [0, 0.1) is 6.92 Å². The van der Waals surface area contributed by atoms with Gasteiger partial charge in [-0.15, -0.1) is 0 Å². The number of hydrogen-bond acceptors (Lipinski definition) is 2. The van der Waals surface area contributed by atoms with E-state index in [0.29, 0.717) is 6.04 Å². The lowest BCUT2D eigenvalue weighted by Gasteiger charge is -2.25. The molecule has 0 radical (unpaired) electrons. The Labute approximate surface area is 106 Å². The Morgan fingerprint density at radius 2 is 2.44 bits per heavy atom. The highest BCUT2D eigenvalue weighted by Gasteiger charge is 2.24. The van der Waals surface area contributed by atoms with Crippen LogP contribution >= 0.6 is 15.9 Å². The highest BCUT2D eigenvalue weighted by molar-refractivity contribution is 9.09. The molecule has 16 heavy (non-hydrogen) atoms. The van der Waals surface area contributed by atoms with E-state index in [4.69, 9.17) is 0 Å². The average Bonchev–Trinajstić information content (AvgIpc) is 2.74. The van der Waals surface area contributed by atoms with E-state index in [1.807, 2.05) is 6.20 Å². The molecule has 1 aromatic rings. The molecule has 1 atom stereocenters. The number of hydrogen-bond donors (Lipinski definition) is 0. The zero-order valence-electron chi connectivity index (χ0n) is 9.82. The number of alkyl halides is 1. The summed E-state index contributed by atoms with van der Waals surface area (Å²) in [7, 11) is 0. The number of aromatic nitrogens is 1. The third-order valence-corrected chi connectivity index (χ3v) is 3.80. The Morgan fingerprint density at radius 3 is 3.19 bits per heavy atom. The Hall–Kier alpha value is -0.570. The van der Waals surface area contributed by atoms with Crippen molar-refractivity contribution in [2.24, 2.45) is 0 Å². The van der Waals surface area contributed by atoms with Crippen LogP contribution in [0.3, 0.4) is 0 Å². The predicted molar refractivity (Wildman–Crippen MR) is 72.4 cm³/mol. The van der Waals surface area contributed by atoms with Gasteiger partial charge in [-0.3, -0.25) is 0 Å². The number of pyridine rings is 1. The van der Waals surface area contributed by atoms with Crippen LogP contribution in [-0.4, -0.2) is 22.9 Å². The van der Waals surface area contributed by atoms with Gasteiger partial charge in [0.05, 0.1) is 0 Å². The molecule has 1 aromatic heterocycles. The van der Waals surface area contributed by atoms with Crippen molar-refractivity contribution in [1.29, 1.82) is 0 Å². The molecule has 2 nitrogen and oxygen atoms in total. The summed E-state index contributed by atoms with van der Waals surface area (Å²) in [4.78, 5) is 6.98. The van der Waals surface area contributed by atoms with E-state index in [0.717, 1.165) is 11.1 Å². The third kappa shape index (κ3) is 2.76. The minimum absolute atomic E-state index is 0.701. The van der Waals surface area contributed by atoms with E-state index in [9.17, 15) is 0 Å². The van der Waals surface area contributed by atoms with Crippen molar-refractivity contribution in [1.82, 2.24) is 4.98 Å². The molecule has 0 aromatic carbocycles. The van der Waals surface area contributed by atoms with Crippen LogP contribution in [0.1, 0.15) is 31.2 Å². The van der Waals surface area contributed by atoms with Crippen molar-refractivity contribution in [3.8, 4) is 0 Å². The van der Waals surface area contributed by atoms with Gasteiger partial charge in [0.1, 0.15) is 5.82 Å². The summed E-state index contributed by atoms with van der Waals surface area (Å²) in [5.41, 5.74) is 1.30. The zero-order valence-corrected chi connectivity index (χ0v) is 11.4. The van der Waals surface area contributed by atoms with Gasteiger partial charge < -0.3 is 4.90 Å². The second-order valence-corrected chi connectivity index (χ2v) is 5.31. The number of nitrogens with zero attached hydrogens (tertiary/aromatic N) is 2. The zero-order chi connectivity index (χ0) is 11.4. The van der Waals surface area contributed by atoms with Crippen LogP contribution in [0.15, 0.2) is 18.3 Å². The molecule has 1 fully saturated rings. The number of rotatable bonds is 4. The summed E-state index contributed by atoms with van der Waals surface area (Å²) in [5.74, 6) is 1.16. The summed E-state index contributed by atoms with van der Waals surface area (Å²) in [6.07, 6.45) is 7.09. The Morgan fingerprint density at radius 1 is 1.56 bits per heavy atom. The van der Waals surface area contributed by atoms with E-state index >= 15 is 0 Å². The smallest absolute Gasteiger partial charge is 0.128 e. The summed E-state index contributed by atoms with van der Waals surface area (Å²) in [6.45, 7) is 3.30. The first-order valence-corrected chi connectivity index (χ1v) is 7.18. The van der Waals surface area contributed by atoms with Crippen LogP contribution < -0.4 is 4.90 Å². The Balaban J connectivity index is 2.07. The molecule has 0 N–H and O–H groups in total. The molecule has 2 rings (SSSR count). The summed E-state index contributed by atoms with van der Waals surface area (Å²) < 4.78 is 0. The standard InChI is InChI=1S/C13H19BrN2/c1-11-6-8-15-13(10-11)16-9-3-5-12(16)4-2-7-14/h6,8,10,12H,2-5,7,9H2,1H3. The highest BCUT2D eigenvalue weighted by Crippen LogP contribution is 2.27. The molecule has 0 bridgehead atoms. The van der Waals surface area contributed by atoms with Crippen molar-refractivity contribution < 1.29 is 0 Å². The van der Waals surface area contributed by atoms with Gasteiger partial charge in [0.2, 0.25) is 0 Å². The number of anilines is 1.